The maximum atomic E-state index is 13.1. The summed E-state index contributed by atoms with van der Waals surface area (Å²) < 4.78 is 26.7. The van der Waals surface area contributed by atoms with Crippen molar-refractivity contribution in [1.29, 1.82) is 0 Å². The summed E-state index contributed by atoms with van der Waals surface area (Å²) in [5.41, 5.74) is 0.371. The molecule has 0 unspecified atom stereocenters. The van der Waals surface area contributed by atoms with Gasteiger partial charge in [-0.15, -0.1) is 0 Å². The van der Waals surface area contributed by atoms with E-state index in [0.717, 1.165) is 0 Å². The fourth-order valence-electron chi connectivity index (χ4n) is 0.928. The molecule has 0 amide bonds. The highest BCUT2D eigenvalue weighted by Gasteiger charge is 2.13. The van der Waals surface area contributed by atoms with E-state index >= 15 is 0 Å². The monoisotopic (exact) mass is 298 g/mol. The summed E-state index contributed by atoms with van der Waals surface area (Å²) in [5.74, 6) is -1.60. The molecule has 4 heteroatoms. The molecule has 1 rings (SSSR count). The van der Waals surface area contributed by atoms with E-state index in [2.05, 4.69) is 31.9 Å². The molecule has 0 aliphatic heterocycles. The van der Waals surface area contributed by atoms with Crippen LogP contribution in [0.5, 0.6) is 0 Å². The first-order chi connectivity index (χ1) is 5.57. The molecule has 0 fully saturated rings. The molecule has 0 heterocycles. The minimum absolute atomic E-state index is 0.143. The van der Waals surface area contributed by atoms with Gasteiger partial charge in [-0.3, -0.25) is 0 Å². The van der Waals surface area contributed by atoms with E-state index < -0.39 is 11.6 Å². The Labute approximate surface area is 86.2 Å². The van der Waals surface area contributed by atoms with Crippen molar-refractivity contribution in [1.82, 2.24) is 0 Å². The molecule has 12 heavy (non-hydrogen) atoms. The molecule has 0 aliphatic rings. The summed E-state index contributed by atoms with van der Waals surface area (Å²) in [7, 11) is 0. The fourth-order valence-corrected chi connectivity index (χ4v) is 2.32. The van der Waals surface area contributed by atoms with Gasteiger partial charge in [0.2, 0.25) is 0 Å². The number of benzene rings is 1. The second kappa shape index (κ2) is 3.83. The zero-order chi connectivity index (χ0) is 9.30. The zero-order valence-corrected chi connectivity index (χ0v) is 9.47. The third-order valence-electron chi connectivity index (χ3n) is 1.56. The van der Waals surface area contributed by atoms with Crippen LogP contribution in [0.4, 0.5) is 8.78 Å². The van der Waals surface area contributed by atoms with Crippen LogP contribution in [-0.4, -0.2) is 0 Å². The summed E-state index contributed by atoms with van der Waals surface area (Å²) in [5, 5.41) is 0. The van der Waals surface area contributed by atoms with Gasteiger partial charge >= 0.3 is 0 Å². The van der Waals surface area contributed by atoms with Crippen LogP contribution >= 0.6 is 31.9 Å². The summed E-state index contributed by atoms with van der Waals surface area (Å²) in [6.07, 6.45) is 0.469. The van der Waals surface area contributed by atoms with Gasteiger partial charge in [-0.25, -0.2) is 8.78 Å². The van der Waals surface area contributed by atoms with E-state index in [4.69, 9.17) is 0 Å². The summed E-state index contributed by atoms with van der Waals surface area (Å²) in [6, 6.07) is 1.51. The average molecular weight is 300 g/mol. The normalized spacial score (nSPS) is 10.4. The summed E-state index contributed by atoms with van der Waals surface area (Å²) >= 11 is 6.07. The highest BCUT2D eigenvalue weighted by molar-refractivity contribution is 9.11. The van der Waals surface area contributed by atoms with Crippen LogP contribution in [0, 0.1) is 11.6 Å². The summed E-state index contributed by atoms with van der Waals surface area (Å²) in [6.45, 7) is 1.77. The Morgan fingerprint density at radius 2 is 1.75 bits per heavy atom. The quantitative estimate of drug-likeness (QED) is 0.542. The van der Waals surface area contributed by atoms with Gasteiger partial charge in [-0.1, -0.05) is 22.9 Å². The average Bonchev–Trinajstić information content (AvgIpc) is 2.01. The Bertz CT molecular complexity index is 310. The van der Waals surface area contributed by atoms with Crippen molar-refractivity contribution in [2.24, 2.45) is 0 Å². The van der Waals surface area contributed by atoms with E-state index in [0.29, 0.717) is 16.5 Å². The van der Waals surface area contributed by atoms with Crippen LogP contribution in [-0.2, 0) is 6.42 Å². The first-order valence-corrected chi connectivity index (χ1v) is 4.98. The lowest BCUT2D eigenvalue weighted by Gasteiger charge is -2.05. The molecule has 0 aliphatic carbocycles. The molecule has 1 aromatic rings. The third kappa shape index (κ3) is 1.69. The first-order valence-electron chi connectivity index (χ1n) is 3.39. The molecule has 0 saturated heterocycles. The second-order valence-electron chi connectivity index (χ2n) is 2.30. The highest BCUT2D eigenvalue weighted by Crippen LogP contribution is 2.28. The van der Waals surface area contributed by atoms with Gasteiger partial charge in [0, 0.05) is 10.0 Å². The third-order valence-corrected chi connectivity index (χ3v) is 2.85. The number of halogens is 4. The molecule has 66 valence electrons. The molecule has 0 atom stereocenters. The van der Waals surface area contributed by atoms with Crippen LogP contribution in [0.25, 0.3) is 0 Å². The van der Waals surface area contributed by atoms with Gasteiger partial charge in [0.1, 0.15) is 0 Å². The highest BCUT2D eigenvalue weighted by atomic mass is 79.9. The Morgan fingerprint density at radius 3 is 2.25 bits per heavy atom. The predicted octanol–water partition coefficient (Wildman–Crippen LogP) is 4.05. The van der Waals surface area contributed by atoms with E-state index in [1.54, 1.807) is 6.92 Å². The van der Waals surface area contributed by atoms with Crippen LogP contribution in [0.3, 0.4) is 0 Å². The predicted molar refractivity (Wildman–Crippen MR) is 51.1 cm³/mol. The molecule has 0 bridgehead atoms. The van der Waals surface area contributed by atoms with Crippen LogP contribution in [0.15, 0.2) is 15.0 Å². The van der Waals surface area contributed by atoms with Crippen molar-refractivity contribution in [3.63, 3.8) is 0 Å². The summed E-state index contributed by atoms with van der Waals surface area (Å²) in [4.78, 5) is 0. The van der Waals surface area contributed by atoms with Crippen molar-refractivity contribution in [2.45, 2.75) is 13.3 Å². The Hall–Kier alpha value is 0.0400. The maximum Gasteiger partial charge on any atom is 0.173 e. The SMILES string of the molecule is CCc1c(Br)cc(Br)c(F)c1F. The number of rotatable bonds is 1. The van der Waals surface area contributed by atoms with Gasteiger partial charge in [0.05, 0.1) is 4.47 Å². The Kier molecular flexibility index (Phi) is 3.23. The van der Waals surface area contributed by atoms with Crippen LogP contribution in [0.2, 0.25) is 0 Å². The molecule has 0 aromatic heterocycles. The van der Waals surface area contributed by atoms with E-state index in [9.17, 15) is 8.78 Å². The number of hydrogen-bond donors (Lipinski definition) is 0. The van der Waals surface area contributed by atoms with Crippen LogP contribution < -0.4 is 0 Å². The first kappa shape index (κ1) is 10.1. The molecule has 0 saturated carbocycles. The van der Waals surface area contributed by atoms with Crippen LogP contribution in [0.1, 0.15) is 12.5 Å². The van der Waals surface area contributed by atoms with Crippen molar-refractivity contribution in [3.8, 4) is 0 Å². The molecule has 0 spiro atoms. The molecule has 1 aromatic carbocycles. The standard InChI is InChI=1S/C8H6Br2F2/c1-2-4-5(9)3-6(10)8(12)7(4)11/h3H,2H2,1H3. The molecular formula is C8H6Br2F2. The minimum atomic E-state index is -0.824. The molecule has 0 nitrogen and oxygen atoms in total. The topological polar surface area (TPSA) is 0 Å². The van der Waals surface area contributed by atoms with Gasteiger partial charge in [0.25, 0.3) is 0 Å². The zero-order valence-electron chi connectivity index (χ0n) is 6.30. The van der Waals surface area contributed by atoms with Gasteiger partial charge < -0.3 is 0 Å². The van der Waals surface area contributed by atoms with Gasteiger partial charge in [-0.05, 0) is 28.4 Å². The van der Waals surface area contributed by atoms with Gasteiger partial charge in [-0.2, -0.15) is 0 Å². The fraction of sp³-hybridized carbons (Fsp3) is 0.250. The van der Waals surface area contributed by atoms with Crippen molar-refractivity contribution in [3.05, 3.63) is 32.2 Å². The Morgan fingerprint density at radius 1 is 1.17 bits per heavy atom. The Balaban J connectivity index is 3.40. The minimum Gasteiger partial charge on any atom is -0.203 e. The molecule has 0 radical (unpaired) electrons. The van der Waals surface area contributed by atoms with E-state index in [-0.39, 0.29) is 4.47 Å². The maximum absolute atomic E-state index is 13.1. The second-order valence-corrected chi connectivity index (χ2v) is 4.01. The van der Waals surface area contributed by atoms with Gasteiger partial charge in [0.15, 0.2) is 11.6 Å². The van der Waals surface area contributed by atoms with Crippen molar-refractivity contribution in [2.75, 3.05) is 0 Å². The van der Waals surface area contributed by atoms with E-state index in [1.807, 2.05) is 0 Å². The molecule has 0 N–H and O–H groups in total. The van der Waals surface area contributed by atoms with Crippen molar-refractivity contribution < 1.29 is 8.78 Å². The lowest BCUT2D eigenvalue weighted by atomic mass is 10.1. The smallest absolute Gasteiger partial charge is 0.173 e. The van der Waals surface area contributed by atoms with E-state index in [1.165, 1.54) is 6.07 Å². The lowest BCUT2D eigenvalue weighted by Crippen LogP contribution is -1.95. The number of hydrogen-bond acceptors (Lipinski definition) is 0. The lowest BCUT2D eigenvalue weighted by molar-refractivity contribution is 0.494. The largest absolute Gasteiger partial charge is 0.203 e. The molecular weight excluding hydrogens is 294 g/mol. The van der Waals surface area contributed by atoms with Crippen molar-refractivity contribution >= 4 is 31.9 Å².